The lowest BCUT2D eigenvalue weighted by molar-refractivity contribution is -0.107. The zero-order chi connectivity index (χ0) is 10.7. The van der Waals surface area contributed by atoms with Crippen molar-refractivity contribution in [1.82, 2.24) is 0 Å². The lowest BCUT2D eigenvalue weighted by Crippen LogP contribution is -1.87. The summed E-state index contributed by atoms with van der Waals surface area (Å²) in [5.41, 5.74) is 1.54. The molecule has 2 rings (SSSR count). The van der Waals surface area contributed by atoms with Crippen molar-refractivity contribution in [3.8, 4) is 0 Å². The van der Waals surface area contributed by atoms with Crippen molar-refractivity contribution in [2.45, 2.75) is 0 Å². The Bertz CT molecular complexity index is 437. The second-order valence-electron chi connectivity index (χ2n) is 2.91. The summed E-state index contributed by atoms with van der Waals surface area (Å²) < 4.78 is 0.821. The lowest BCUT2D eigenvalue weighted by Gasteiger charge is -1.92. The number of hydrogen-bond donors (Lipinski definition) is 0. The quantitative estimate of drug-likeness (QED) is 0.701. The number of benzene rings is 1. The summed E-state index contributed by atoms with van der Waals surface area (Å²) in [6.07, 6.45) is 3.74. The van der Waals surface area contributed by atoms with Gasteiger partial charge in [-0.25, -0.2) is 4.99 Å². The van der Waals surface area contributed by atoms with Crippen molar-refractivity contribution in [2.75, 3.05) is 6.26 Å². The van der Waals surface area contributed by atoms with Gasteiger partial charge in [-0.15, -0.1) is 11.8 Å². The molecule has 1 aromatic carbocycles. The van der Waals surface area contributed by atoms with Crippen LogP contribution < -0.4 is 0 Å². The van der Waals surface area contributed by atoms with Crippen LogP contribution in [-0.4, -0.2) is 15.7 Å². The van der Waals surface area contributed by atoms with Gasteiger partial charge in [0.1, 0.15) is 10.1 Å². The summed E-state index contributed by atoms with van der Waals surface area (Å²) in [5.74, 6) is 0. The van der Waals surface area contributed by atoms with E-state index < -0.39 is 0 Å². The van der Waals surface area contributed by atoms with E-state index in [0.717, 1.165) is 9.94 Å². The average molecular weight is 235 g/mol. The van der Waals surface area contributed by atoms with Gasteiger partial charge in [-0.3, -0.25) is 4.79 Å². The smallest absolute Gasteiger partial charge is 0.244 e. The van der Waals surface area contributed by atoms with E-state index >= 15 is 0 Å². The third-order valence-corrected chi connectivity index (χ3v) is 3.73. The van der Waals surface area contributed by atoms with Gasteiger partial charge in [0.15, 0.2) is 0 Å². The van der Waals surface area contributed by atoms with E-state index in [0.29, 0.717) is 5.70 Å². The fourth-order valence-corrected chi connectivity index (χ4v) is 2.45. The zero-order valence-corrected chi connectivity index (χ0v) is 9.77. The molecule has 1 aromatic rings. The average Bonchev–Trinajstić information content (AvgIpc) is 2.61. The van der Waals surface area contributed by atoms with Crippen LogP contribution in [0.3, 0.4) is 0 Å². The van der Waals surface area contributed by atoms with Crippen LogP contribution in [0.1, 0.15) is 5.56 Å². The highest BCUT2D eigenvalue weighted by Crippen LogP contribution is 2.29. The molecule has 1 aliphatic rings. The minimum absolute atomic E-state index is 0.0307. The Morgan fingerprint density at radius 2 is 2.07 bits per heavy atom. The third-order valence-electron chi connectivity index (χ3n) is 1.88. The van der Waals surface area contributed by atoms with E-state index in [-0.39, 0.29) is 5.12 Å². The minimum atomic E-state index is 0.0307. The second kappa shape index (κ2) is 4.68. The Morgan fingerprint density at radius 3 is 2.67 bits per heavy atom. The van der Waals surface area contributed by atoms with E-state index in [1.807, 2.05) is 42.7 Å². The van der Waals surface area contributed by atoms with Crippen molar-refractivity contribution in [3.05, 3.63) is 41.6 Å². The van der Waals surface area contributed by atoms with Gasteiger partial charge in [-0.05, 0) is 29.7 Å². The summed E-state index contributed by atoms with van der Waals surface area (Å²) in [6, 6.07) is 9.75. The molecular formula is C11H9NOS2. The molecule has 2 nitrogen and oxygen atoms in total. The molecule has 0 spiro atoms. The van der Waals surface area contributed by atoms with Crippen LogP contribution in [0.15, 0.2) is 41.0 Å². The first kappa shape index (κ1) is 10.5. The standard InChI is InChI=1S/C11H9NOS2/c1-14-11-12-9(10(13)15-11)7-8-5-3-2-4-6-8/h2-7H,1H3/b9-7+. The summed E-state index contributed by atoms with van der Waals surface area (Å²) in [7, 11) is 0. The number of carbonyl (C=O) groups excluding carboxylic acids is 1. The van der Waals surface area contributed by atoms with E-state index in [4.69, 9.17) is 0 Å². The largest absolute Gasteiger partial charge is 0.279 e. The van der Waals surface area contributed by atoms with Crippen molar-refractivity contribution < 1.29 is 4.79 Å². The predicted molar refractivity (Wildman–Crippen MR) is 68.0 cm³/mol. The van der Waals surface area contributed by atoms with Crippen molar-refractivity contribution in [1.29, 1.82) is 0 Å². The molecule has 0 N–H and O–H groups in total. The number of carbonyl (C=O) groups is 1. The molecule has 0 aromatic heterocycles. The summed E-state index contributed by atoms with van der Waals surface area (Å²) in [6.45, 7) is 0. The Labute approximate surface area is 96.9 Å². The normalized spacial score (nSPS) is 18.3. The number of hydrogen-bond acceptors (Lipinski definition) is 4. The van der Waals surface area contributed by atoms with E-state index in [1.165, 1.54) is 23.5 Å². The highest BCUT2D eigenvalue weighted by atomic mass is 32.2. The zero-order valence-electron chi connectivity index (χ0n) is 8.14. The molecular weight excluding hydrogens is 226 g/mol. The first-order chi connectivity index (χ1) is 7.29. The second-order valence-corrected chi connectivity index (χ2v) is 4.93. The maximum absolute atomic E-state index is 11.5. The molecule has 1 heterocycles. The molecule has 0 bridgehead atoms. The fraction of sp³-hybridized carbons (Fsp3) is 0.0909. The molecule has 15 heavy (non-hydrogen) atoms. The SMILES string of the molecule is CSC1=N/C(=C/c2ccccc2)C(=O)S1. The van der Waals surface area contributed by atoms with Gasteiger partial charge < -0.3 is 0 Å². The summed E-state index contributed by atoms with van der Waals surface area (Å²) in [5, 5.41) is 0.0307. The molecule has 0 fully saturated rings. The lowest BCUT2D eigenvalue weighted by atomic mass is 10.2. The molecule has 0 saturated heterocycles. The topological polar surface area (TPSA) is 29.4 Å². The molecule has 1 aliphatic heterocycles. The first-order valence-electron chi connectivity index (χ1n) is 4.41. The van der Waals surface area contributed by atoms with Crippen LogP contribution >= 0.6 is 23.5 Å². The predicted octanol–water partition coefficient (Wildman–Crippen LogP) is 3.02. The summed E-state index contributed by atoms with van der Waals surface area (Å²) >= 11 is 2.70. The van der Waals surface area contributed by atoms with E-state index in [2.05, 4.69) is 4.99 Å². The number of thioether (sulfide) groups is 2. The van der Waals surface area contributed by atoms with Crippen LogP contribution in [-0.2, 0) is 4.79 Å². The van der Waals surface area contributed by atoms with Gasteiger partial charge in [0, 0.05) is 0 Å². The number of nitrogens with zero attached hydrogens (tertiary/aromatic N) is 1. The van der Waals surface area contributed by atoms with Crippen LogP contribution in [0.4, 0.5) is 0 Å². The molecule has 0 aliphatic carbocycles. The Hall–Kier alpha value is -1.000. The molecule has 4 heteroatoms. The van der Waals surface area contributed by atoms with E-state index in [9.17, 15) is 4.79 Å². The van der Waals surface area contributed by atoms with Gasteiger partial charge in [0.2, 0.25) is 5.12 Å². The van der Waals surface area contributed by atoms with Crippen LogP contribution in [0.2, 0.25) is 0 Å². The first-order valence-corrected chi connectivity index (χ1v) is 6.45. The Balaban J connectivity index is 2.28. The number of rotatable bonds is 1. The fourth-order valence-electron chi connectivity index (χ4n) is 1.18. The van der Waals surface area contributed by atoms with Crippen LogP contribution in [0.25, 0.3) is 6.08 Å². The molecule has 0 saturated carbocycles. The van der Waals surface area contributed by atoms with Crippen molar-refractivity contribution in [2.24, 2.45) is 4.99 Å². The summed E-state index contributed by atoms with van der Waals surface area (Å²) in [4.78, 5) is 15.8. The molecule has 0 radical (unpaired) electrons. The highest BCUT2D eigenvalue weighted by Gasteiger charge is 2.20. The van der Waals surface area contributed by atoms with Gasteiger partial charge in [-0.1, -0.05) is 30.3 Å². The van der Waals surface area contributed by atoms with Gasteiger partial charge in [-0.2, -0.15) is 0 Å². The Morgan fingerprint density at radius 1 is 1.33 bits per heavy atom. The van der Waals surface area contributed by atoms with Gasteiger partial charge in [0.25, 0.3) is 0 Å². The highest BCUT2D eigenvalue weighted by molar-refractivity contribution is 8.45. The van der Waals surface area contributed by atoms with Crippen molar-refractivity contribution >= 4 is 39.1 Å². The molecule has 76 valence electrons. The molecule has 0 atom stereocenters. The maximum Gasteiger partial charge on any atom is 0.244 e. The van der Waals surface area contributed by atoms with Gasteiger partial charge >= 0.3 is 0 Å². The van der Waals surface area contributed by atoms with Crippen LogP contribution in [0.5, 0.6) is 0 Å². The molecule has 0 unspecified atom stereocenters. The minimum Gasteiger partial charge on any atom is -0.279 e. The molecule has 0 amide bonds. The van der Waals surface area contributed by atoms with Gasteiger partial charge in [0.05, 0.1) is 0 Å². The van der Waals surface area contributed by atoms with E-state index in [1.54, 1.807) is 0 Å². The van der Waals surface area contributed by atoms with Crippen molar-refractivity contribution in [3.63, 3.8) is 0 Å². The third kappa shape index (κ3) is 2.52. The maximum atomic E-state index is 11.5. The monoisotopic (exact) mass is 235 g/mol. The van der Waals surface area contributed by atoms with Crippen LogP contribution in [0, 0.1) is 0 Å². The Kier molecular flexibility index (Phi) is 3.28. The number of aliphatic imine (C=N–C) groups is 1.